The van der Waals surface area contributed by atoms with Gasteiger partial charge in [-0.15, -0.1) is 0 Å². The summed E-state index contributed by atoms with van der Waals surface area (Å²) in [4.78, 5) is 21.1. The minimum Gasteiger partial charge on any atom is -0.468 e. The van der Waals surface area contributed by atoms with E-state index in [0.717, 1.165) is 0 Å². The Balaban J connectivity index is 3.38. The minimum atomic E-state index is -0.463. The molecule has 1 amide bonds. The summed E-state index contributed by atoms with van der Waals surface area (Å²) in [5, 5.41) is 2.34. The maximum absolute atomic E-state index is 10.7. The fourth-order valence-electron chi connectivity index (χ4n) is 0.462. The molecule has 0 aliphatic carbocycles. The van der Waals surface area contributed by atoms with Crippen LogP contribution in [0.4, 0.5) is 0 Å². The highest BCUT2D eigenvalue weighted by Crippen LogP contribution is 1.75. The Hall–Kier alpha value is -1.10. The van der Waals surface area contributed by atoms with Gasteiger partial charge in [-0.1, -0.05) is 0 Å². The number of rotatable bonds is 4. The first kappa shape index (κ1) is 9.90. The summed E-state index contributed by atoms with van der Waals surface area (Å²) in [6.45, 7) is 0.197. The quantitative estimate of drug-likeness (QED) is 0.497. The van der Waals surface area contributed by atoms with E-state index in [4.69, 9.17) is 5.73 Å². The Morgan fingerprint density at radius 2 is 2.18 bits per heavy atom. The maximum atomic E-state index is 10.7. The normalized spacial score (nSPS) is 8.91. The van der Waals surface area contributed by atoms with Gasteiger partial charge < -0.3 is 15.8 Å². The van der Waals surface area contributed by atoms with Crippen LogP contribution in [-0.2, 0) is 14.3 Å². The number of ether oxygens (including phenoxy) is 1. The van der Waals surface area contributed by atoms with E-state index in [0.29, 0.717) is 0 Å². The van der Waals surface area contributed by atoms with Gasteiger partial charge in [0, 0.05) is 13.0 Å². The lowest BCUT2D eigenvalue weighted by molar-refractivity contribution is -0.141. The first-order chi connectivity index (χ1) is 5.20. The molecule has 0 fully saturated rings. The number of carbonyl (C=O) groups excluding carboxylic acids is 2. The highest BCUT2D eigenvalue weighted by atomic mass is 16.5. The first-order valence-electron chi connectivity index (χ1n) is 3.24. The van der Waals surface area contributed by atoms with Crippen LogP contribution in [0.3, 0.4) is 0 Å². The van der Waals surface area contributed by atoms with Crippen molar-refractivity contribution in [3.63, 3.8) is 0 Å². The Morgan fingerprint density at radius 3 is 2.64 bits per heavy atom. The van der Waals surface area contributed by atoms with Crippen molar-refractivity contribution in [1.29, 1.82) is 0 Å². The lowest BCUT2D eigenvalue weighted by atomic mass is 10.4. The molecule has 0 aromatic rings. The number of carbonyl (C=O) groups is 2. The highest BCUT2D eigenvalue weighted by molar-refractivity contribution is 5.81. The van der Waals surface area contributed by atoms with E-state index in [1.165, 1.54) is 7.11 Å². The minimum absolute atomic E-state index is 0.0880. The molecule has 0 bridgehead atoms. The standard InChI is InChI=1S/C6H12N2O3/c1-11-6(10)4-8-5(9)2-3-7/h2-4,7H2,1H3,(H,8,9). The fourth-order valence-corrected chi connectivity index (χ4v) is 0.462. The Morgan fingerprint density at radius 1 is 1.55 bits per heavy atom. The van der Waals surface area contributed by atoms with Crippen molar-refractivity contribution in [3.8, 4) is 0 Å². The third-order valence-electron chi connectivity index (χ3n) is 1.03. The number of amides is 1. The summed E-state index contributed by atoms with van der Waals surface area (Å²) in [5.41, 5.74) is 5.09. The average Bonchev–Trinajstić information content (AvgIpc) is 2.01. The second-order valence-electron chi connectivity index (χ2n) is 1.89. The summed E-state index contributed by atoms with van der Waals surface area (Å²) >= 11 is 0. The topological polar surface area (TPSA) is 81.4 Å². The highest BCUT2D eigenvalue weighted by Gasteiger charge is 2.02. The molecule has 5 nitrogen and oxygen atoms in total. The van der Waals surface area contributed by atoms with Crippen molar-refractivity contribution in [2.45, 2.75) is 6.42 Å². The number of nitrogens with one attached hydrogen (secondary N) is 1. The largest absolute Gasteiger partial charge is 0.468 e. The van der Waals surface area contributed by atoms with E-state index in [2.05, 4.69) is 10.1 Å². The van der Waals surface area contributed by atoms with E-state index < -0.39 is 5.97 Å². The molecule has 0 rings (SSSR count). The van der Waals surface area contributed by atoms with Crippen LogP contribution in [0.15, 0.2) is 0 Å². The maximum Gasteiger partial charge on any atom is 0.325 e. The number of esters is 1. The van der Waals surface area contributed by atoms with Crippen molar-refractivity contribution in [3.05, 3.63) is 0 Å². The molecular formula is C6H12N2O3. The van der Waals surface area contributed by atoms with Crippen molar-refractivity contribution in [2.75, 3.05) is 20.2 Å². The predicted molar refractivity (Wildman–Crippen MR) is 38.7 cm³/mol. The number of hydrogen-bond acceptors (Lipinski definition) is 4. The molecule has 0 radical (unpaired) electrons. The molecule has 0 aliphatic rings. The Bertz CT molecular complexity index is 147. The summed E-state index contributed by atoms with van der Waals surface area (Å²) in [6.07, 6.45) is 0.233. The van der Waals surface area contributed by atoms with Crippen molar-refractivity contribution in [2.24, 2.45) is 5.73 Å². The van der Waals surface area contributed by atoms with E-state index in [9.17, 15) is 9.59 Å². The molecule has 0 aliphatic heterocycles. The van der Waals surface area contributed by atoms with Gasteiger partial charge in [0.15, 0.2) is 0 Å². The summed E-state index contributed by atoms with van der Waals surface area (Å²) < 4.78 is 4.29. The number of methoxy groups -OCH3 is 1. The smallest absolute Gasteiger partial charge is 0.325 e. The lowest BCUT2D eigenvalue weighted by Crippen LogP contribution is -2.31. The molecule has 0 saturated carbocycles. The lowest BCUT2D eigenvalue weighted by Gasteiger charge is -2.01. The van der Waals surface area contributed by atoms with Gasteiger partial charge >= 0.3 is 5.97 Å². The second kappa shape index (κ2) is 5.67. The van der Waals surface area contributed by atoms with Crippen molar-refractivity contribution >= 4 is 11.9 Å². The van der Waals surface area contributed by atoms with E-state index >= 15 is 0 Å². The zero-order chi connectivity index (χ0) is 8.69. The van der Waals surface area contributed by atoms with Crippen LogP contribution in [-0.4, -0.2) is 32.1 Å². The monoisotopic (exact) mass is 160 g/mol. The van der Waals surface area contributed by atoms with E-state index in [1.807, 2.05) is 0 Å². The summed E-state index contributed by atoms with van der Waals surface area (Å²) in [6, 6.07) is 0. The molecule has 5 heteroatoms. The Labute approximate surface area is 64.9 Å². The molecule has 0 atom stereocenters. The molecule has 0 aromatic carbocycles. The van der Waals surface area contributed by atoms with Crippen molar-refractivity contribution in [1.82, 2.24) is 5.32 Å². The van der Waals surface area contributed by atoms with Gasteiger partial charge in [-0.05, 0) is 0 Å². The van der Waals surface area contributed by atoms with Gasteiger partial charge in [0.05, 0.1) is 7.11 Å². The summed E-state index contributed by atoms with van der Waals surface area (Å²) in [5.74, 6) is -0.701. The molecule has 3 N–H and O–H groups in total. The van der Waals surface area contributed by atoms with Crippen LogP contribution >= 0.6 is 0 Å². The third kappa shape index (κ3) is 5.35. The predicted octanol–water partition coefficient (Wildman–Crippen LogP) is -1.38. The molecule has 0 unspecified atom stereocenters. The zero-order valence-electron chi connectivity index (χ0n) is 6.42. The van der Waals surface area contributed by atoms with Crippen LogP contribution < -0.4 is 11.1 Å². The SMILES string of the molecule is COC(=O)CNC(=O)CCN. The second-order valence-corrected chi connectivity index (χ2v) is 1.89. The van der Waals surface area contributed by atoms with Crippen molar-refractivity contribution < 1.29 is 14.3 Å². The molecular weight excluding hydrogens is 148 g/mol. The molecule has 0 saturated heterocycles. The molecule has 0 heterocycles. The average molecular weight is 160 g/mol. The molecule has 0 spiro atoms. The number of hydrogen-bond donors (Lipinski definition) is 2. The van der Waals surface area contributed by atoms with Crippen LogP contribution in [0.2, 0.25) is 0 Å². The van der Waals surface area contributed by atoms with Gasteiger partial charge in [-0.25, -0.2) is 0 Å². The van der Waals surface area contributed by atoms with Gasteiger partial charge in [0.25, 0.3) is 0 Å². The Kier molecular flexibility index (Phi) is 5.10. The van der Waals surface area contributed by atoms with Crippen LogP contribution in [0.5, 0.6) is 0 Å². The van der Waals surface area contributed by atoms with Crippen LogP contribution in [0.25, 0.3) is 0 Å². The van der Waals surface area contributed by atoms with Crippen LogP contribution in [0.1, 0.15) is 6.42 Å². The number of nitrogens with two attached hydrogens (primary N) is 1. The third-order valence-corrected chi connectivity index (χ3v) is 1.03. The fraction of sp³-hybridized carbons (Fsp3) is 0.667. The van der Waals surface area contributed by atoms with Gasteiger partial charge in [0.1, 0.15) is 6.54 Å². The summed E-state index contributed by atoms with van der Waals surface area (Å²) in [7, 11) is 1.26. The first-order valence-corrected chi connectivity index (χ1v) is 3.24. The van der Waals surface area contributed by atoms with Crippen LogP contribution in [0, 0.1) is 0 Å². The van der Waals surface area contributed by atoms with Gasteiger partial charge in [-0.2, -0.15) is 0 Å². The van der Waals surface area contributed by atoms with E-state index in [1.54, 1.807) is 0 Å². The molecule has 0 aromatic heterocycles. The van der Waals surface area contributed by atoms with Gasteiger partial charge in [0.2, 0.25) is 5.91 Å². The van der Waals surface area contributed by atoms with E-state index in [-0.39, 0.29) is 25.4 Å². The van der Waals surface area contributed by atoms with Gasteiger partial charge in [-0.3, -0.25) is 9.59 Å². The molecule has 11 heavy (non-hydrogen) atoms. The molecule has 64 valence electrons. The zero-order valence-corrected chi connectivity index (χ0v) is 6.42.